The zero-order chi connectivity index (χ0) is 19.5. The first kappa shape index (κ1) is 17.6. The van der Waals surface area contributed by atoms with Crippen LogP contribution >= 0.6 is 0 Å². The first-order chi connectivity index (χ1) is 13.7. The summed E-state index contributed by atoms with van der Waals surface area (Å²) in [5.41, 5.74) is 3.09. The molecule has 0 amide bonds. The molecule has 0 atom stereocenters. The molecule has 0 heterocycles. The molecule has 0 aliphatic carbocycles. The second kappa shape index (κ2) is 7.41. The van der Waals surface area contributed by atoms with Gasteiger partial charge >= 0.3 is 0 Å². The lowest BCUT2D eigenvalue weighted by molar-refractivity contribution is 0.103. The number of phenolic OH excluding ortho intramolecular Hbond substituents is 2. The Labute approximate surface area is 163 Å². The number of hydrogen-bond acceptors (Lipinski definition) is 3. The van der Waals surface area contributed by atoms with Crippen LogP contribution in [0.3, 0.4) is 0 Å². The lowest BCUT2D eigenvalue weighted by atomic mass is 9.89. The molecular weight excluding hydrogens is 348 g/mol. The molecule has 2 N–H and O–H groups in total. The van der Waals surface area contributed by atoms with Gasteiger partial charge < -0.3 is 10.2 Å². The predicted molar refractivity (Wildman–Crippen MR) is 111 cm³/mol. The fourth-order valence-electron chi connectivity index (χ4n) is 3.36. The minimum atomic E-state index is -0.424. The van der Waals surface area contributed by atoms with Crippen molar-refractivity contribution >= 4 is 5.78 Å². The van der Waals surface area contributed by atoms with Gasteiger partial charge in [-0.25, -0.2) is 0 Å². The van der Waals surface area contributed by atoms with Crippen LogP contribution in [-0.2, 0) is 0 Å². The molecule has 136 valence electrons. The summed E-state index contributed by atoms with van der Waals surface area (Å²) in [6, 6.07) is 29.0. The van der Waals surface area contributed by atoms with E-state index in [1.165, 1.54) is 0 Å². The number of carbonyl (C=O) groups is 1. The van der Waals surface area contributed by atoms with Gasteiger partial charge in [-0.2, -0.15) is 0 Å². The number of benzene rings is 4. The maximum absolute atomic E-state index is 13.0. The third-order valence-electron chi connectivity index (χ3n) is 4.69. The molecule has 0 fully saturated rings. The molecule has 0 radical (unpaired) electrons. The quantitative estimate of drug-likeness (QED) is 0.458. The minimum Gasteiger partial charge on any atom is -0.507 e. The summed E-state index contributed by atoms with van der Waals surface area (Å²) in [6.07, 6.45) is 0. The number of ketones is 1. The summed E-state index contributed by atoms with van der Waals surface area (Å²) >= 11 is 0. The van der Waals surface area contributed by atoms with Crippen LogP contribution in [0.5, 0.6) is 11.5 Å². The molecule has 28 heavy (non-hydrogen) atoms. The topological polar surface area (TPSA) is 57.5 Å². The normalized spacial score (nSPS) is 10.6. The van der Waals surface area contributed by atoms with Gasteiger partial charge in [0.15, 0.2) is 0 Å². The highest BCUT2D eigenvalue weighted by Crippen LogP contribution is 2.45. The van der Waals surface area contributed by atoms with Crippen molar-refractivity contribution in [3.8, 4) is 33.8 Å². The molecule has 0 saturated carbocycles. The Morgan fingerprint density at radius 3 is 1.71 bits per heavy atom. The van der Waals surface area contributed by atoms with Gasteiger partial charge in [-0.15, -0.1) is 0 Å². The number of rotatable bonds is 4. The fraction of sp³-hybridized carbons (Fsp3) is 0. The highest BCUT2D eigenvalue weighted by molar-refractivity contribution is 6.14. The molecule has 0 spiro atoms. The molecule has 4 rings (SSSR count). The van der Waals surface area contributed by atoms with Gasteiger partial charge in [-0.3, -0.25) is 4.79 Å². The Hall–Kier alpha value is -3.85. The van der Waals surface area contributed by atoms with Crippen LogP contribution in [0.25, 0.3) is 22.3 Å². The van der Waals surface area contributed by atoms with E-state index in [0.29, 0.717) is 16.7 Å². The summed E-state index contributed by atoms with van der Waals surface area (Å²) in [5.74, 6) is -0.892. The summed E-state index contributed by atoms with van der Waals surface area (Å²) in [6.45, 7) is 0. The smallest absolute Gasteiger partial charge is 0.200 e. The summed E-state index contributed by atoms with van der Waals surface area (Å²) in [7, 11) is 0. The van der Waals surface area contributed by atoms with Crippen molar-refractivity contribution in [3.05, 3.63) is 108 Å². The van der Waals surface area contributed by atoms with Crippen LogP contribution in [-0.4, -0.2) is 16.0 Å². The monoisotopic (exact) mass is 366 g/mol. The Morgan fingerprint density at radius 1 is 0.643 bits per heavy atom. The van der Waals surface area contributed by atoms with Crippen molar-refractivity contribution in [2.75, 3.05) is 0 Å². The lowest BCUT2D eigenvalue weighted by Gasteiger charge is -2.17. The van der Waals surface area contributed by atoms with Gasteiger partial charge in [0.25, 0.3) is 0 Å². The number of aromatic hydroxyl groups is 2. The van der Waals surface area contributed by atoms with Gasteiger partial charge in [0.05, 0.1) is 0 Å². The second-order valence-electron chi connectivity index (χ2n) is 6.47. The molecular formula is C25H18O3. The molecule has 0 aliphatic rings. The summed E-state index contributed by atoms with van der Waals surface area (Å²) in [4.78, 5) is 13.0. The number of carbonyl (C=O) groups excluding carboxylic acids is 1. The molecule has 0 unspecified atom stereocenters. The zero-order valence-electron chi connectivity index (χ0n) is 15.0. The van der Waals surface area contributed by atoms with Crippen molar-refractivity contribution in [3.63, 3.8) is 0 Å². The highest BCUT2D eigenvalue weighted by Gasteiger charge is 2.25. The van der Waals surface area contributed by atoms with Gasteiger partial charge in [0, 0.05) is 11.1 Å². The second-order valence-corrected chi connectivity index (χ2v) is 6.47. The Morgan fingerprint density at radius 2 is 1.14 bits per heavy atom. The van der Waals surface area contributed by atoms with E-state index in [1.807, 2.05) is 66.7 Å². The van der Waals surface area contributed by atoms with Crippen LogP contribution in [0, 0.1) is 0 Å². The van der Waals surface area contributed by atoms with Crippen LogP contribution in [0.15, 0.2) is 97.1 Å². The van der Waals surface area contributed by atoms with Crippen molar-refractivity contribution in [2.45, 2.75) is 0 Å². The number of hydrogen-bond donors (Lipinski definition) is 2. The molecule has 0 aliphatic heterocycles. The maximum atomic E-state index is 13.0. The van der Waals surface area contributed by atoms with Crippen molar-refractivity contribution < 1.29 is 15.0 Å². The average molecular weight is 366 g/mol. The Balaban J connectivity index is 2.00. The van der Waals surface area contributed by atoms with E-state index < -0.39 is 5.78 Å². The van der Waals surface area contributed by atoms with E-state index >= 15 is 0 Å². The van der Waals surface area contributed by atoms with E-state index in [2.05, 4.69) is 0 Å². The van der Waals surface area contributed by atoms with E-state index in [0.717, 1.165) is 11.1 Å². The lowest BCUT2D eigenvalue weighted by Crippen LogP contribution is -2.04. The van der Waals surface area contributed by atoms with Crippen molar-refractivity contribution in [1.82, 2.24) is 0 Å². The first-order valence-electron chi connectivity index (χ1n) is 8.96. The Bertz CT molecular complexity index is 1120. The molecule has 3 nitrogen and oxygen atoms in total. The standard InChI is InChI=1S/C25H18O3/c26-21-16-20(17-10-4-1-5-11-17)22(18-12-6-2-7-13-18)25(28)23(21)24(27)19-14-8-3-9-15-19/h1-16,26,28H. The third-order valence-corrected chi connectivity index (χ3v) is 4.69. The summed E-state index contributed by atoms with van der Waals surface area (Å²) in [5, 5.41) is 21.8. The zero-order valence-corrected chi connectivity index (χ0v) is 15.0. The third kappa shape index (κ3) is 3.14. The minimum absolute atomic E-state index is 0.0928. The average Bonchev–Trinajstić information content (AvgIpc) is 2.75. The van der Waals surface area contributed by atoms with E-state index in [1.54, 1.807) is 30.3 Å². The van der Waals surface area contributed by atoms with E-state index in [9.17, 15) is 15.0 Å². The van der Waals surface area contributed by atoms with Crippen molar-refractivity contribution in [1.29, 1.82) is 0 Å². The maximum Gasteiger partial charge on any atom is 0.200 e. The molecule has 4 aromatic rings. The van der Waals surface area contributed by atoms with E-state index in [-0.39, 0.29) is 17.1 Å². The molecule has 0 aromatic heterocycles. The highest BCUT2D eigenvalue weighted by atomic mass is 16.3. The van der Waals surface area contributed by atoms with Crippen LogP contribution in [0.4, 0.5) is 0 Å². The Kier molecular flexibility index (Phi) is 4.65. The molecule has 3 heteroatoms. The predicted octanol–water partition coefficient (Wildman–Crippen LogP) is 5.66. The van der Waals surface area contributed by atoms with Crippen LogP contribution in [0.2, 0.25) is 0 Å². The van der Waals surface area contributed by atoms with E-state index in [4.69, 9.17) is 0 Å². The molecule has 0 saturated heterocycles. The molecule has 4 aromatic carbocycles. The van der Waals surface area contributed by atoms with Gasteiger partial charge in [-0.05, 0) is 22.8 Å². The number of phenols is 2. The first-order valence-corrected chi connectivity index (χ1v) is 8.96. The van der Waals surface area contributed by atoms with Gasteiger partial charge in [-0.1, -0.05) is 91.0 Å². The summed E-state index contributed by atoms with van der Waals surface area (Å²) < 4.78 is 0. The SMILES string of the molecule is O=C(c1ccccc1)c1c(O)cc(-c2ccccc2)c(-c2ccccc2)c1O. The van der Waals surface area contributed by atoms with Crippen molar-refractivity contribution in [2.24, 2.45) is 0 Å². The van der Waals surface area contributed by atoms with Crippen LogP contribution in [0.1, 0.15) is 15.9 Å². The van der Waals surface area contributed by atoms with Crippen LogP contribution < -0.4 is 0 Å². The largest absolute Gasteiger partial charge is 0.507 e. The molecule has 0 bridgehead atoms. The van der Waals surface area contributed by atoms with Gasteiger partial charge in [0.1, 0.15) is 17.1 Å². The van der Waals surface area contributed by atoms with Gasteiger partial charge in [0.2, 0.25) is 5.78 Å². The fourth-order valence-corrected chi connectivity index (χ4v) is 3.36.